The highest BCUT2D eigenvalue weighted by Gasteiger charge is 2.11. The fraction of sp³-hybridized carbons (Fsp3) is 0.150. The number of amides is 1. The van der Waals surface area contributed by atoms with Gasteiger partial charge in [-0.2, -0.15) is 0 Å². The monoisotopic (exact) mass is 478 g/mol. The molecule has 0 radical (unpaired) electrons. The molecule has 2 N–H and O–H groups in total. The van der Waals surface area contributed by atoms with Crippen molar-refractivity contribution >= 4 is 43.2 Å². The van der Waals surface area contributed by atoms with Crippen molar-refractivity contribution in [2.75, 3.05) is 7.05 Å². The average Bonchev–Trinajstić information content (AvgIpc) is 3.18. The van der Waals surface area contributed by atoms with Crippen molar-refractivity contribution in [2.45, 2.75) is 12.3 Å². The lowest BCUT2D eigenvalue weighted by Crippen LogP contribution is -2.22. The van der Waals surface area contributed by atoms with Gasteiger partial charge in [-0.15, -0.1) is 11.3 Å². The summed E-state index contributed by atoms with van der Waals surface area (Å²) in [6.07, 6.45) is 0. The van der Waals surface area contributed by atoms with Crippen molar-refractivity contribution in [3.8, 4) is 10.4 Å². The second-order valence-electron chi connectivity index (χ2n) is 6.13. The molecule has 0 spiro atoms. The molecule has 0 saturated carbocycles. The van der Waals surface area contributed by atoms with Crippen molar-refractivity contribution in [3.05, 3.63) is 81.1 Å². The normalized spacial score (nSPS) is 11.4. The van der Waals surface area contributed by atoms with Gasteiger partial charge in [-0.05, 0) is 48.0 Å². The van der Waals surface area contributed by atoms with E-state index < -0.39 is 10.0 Å². The number of rotatable bonds is 7. The van der Waals surface area contributed by atoms with Crippen molar-refractivity contribution in [1.29, 1.82) is 0 Å². The van der Waals surface area contributed by atoms with Gasteiger partial charge in [0.2, 0.25) is 10.0 Å². The molecule has 0 aliphatic rings. The first-order chi connectivity index (χ1) is 13.4. The van der Waals surface area contributed by atoms with Crippen molar-refractivity contribution < 1.29 is 13.2 Å². The predicted octanol–water partition coefficient (Wildman–Crippen LogP) is 4.16. The van der Waals surface area contributed by atoms with Gasteiger partial charge < -0.3 is 5.32 Å². The first-order valence-electron chi connectivity index (χ1n) is 8.49. The van der Waals surface area contributed by atoms with Gasteiger partial charge in [0.25, 0.3) is 5.91 Å². The Labute approximate surface area is 177 Å². The number of hydrogen-bond acceptors (Lipinski definition) is 4. The van der Waals surface area contributed by atoms with Crippen LogP contribution in [0.15, 0.2) is 65.1 Å². The quantitative estimate of drug-likeness (QED) is 0.535. The van der Waals surface area contributed by atoms with Crippen molar-refractivity contribution in [3.63, 3.8) is 0 Å². The Hall–Kier alpha value is -2.00. The summed E-state index contributed by atoms with van der Waals surface area (Å²) in [5.74, 6) is -0.195. The molecule has 1 heterocycles. The van der Waals surface area contributed by atoms with Crippen LogP contribution in [0.1, 0.15) is 20.8 Å². The second kappa shape index (κ2) is 9.00. The Bertz CT molecular complexity index is 1060. The molecule has 0 bridgehead atoms. The number of hydrogen-bond donors (Lipinski definition) is 2. The van der Waals surface area contributed by atoms with E-state index in [1.54, 1.807) is 12.1 Å². The van der Waals surface area contributed by atoms with E-state index in [0.29, 0.717) is 17.0 Å². The molecule has 5 nitrogen and oxygen atoms in total. The summed E-state index contributed by atoms with van der Waals surface area (Å²) in [6, 6.07) is 18.9. The number of thiophene rings is 1. The smallest absolute Gasteiger partial charge is 0.261 e. The molecule has 1 aromatic heterocycles. The molecule has 2 aromatic carbocycles. The summed E-state index contributed by atoms with van der Waals surface area (Å²) in [5.41, 5.74) is 2.67. The Morgan fingerprint density at radius 1 is 0.964 bits per heavy atom. The largest absolute Gasteiger partial charge is 0.347 e. The highest BCUT2D eigenvalue weighted by molar-refractivity contribution is 9.10. The molecule has 0 unspecified atom stereocenters. The number of halogens is 1. The number of carbonyl (C=O) groups excluding carboxylic acids is 1. The Morgan fingerprint density at radius 3 is 2.25 bits per heavy atom. The van der Waals surface area contributed by atoms with E-state index in [4.69, 9.17) is 0 Å². The zero-order valence-electron chi connectivity index (χ0n) is 15.1. The first kappa shape index (κ1) is 20.7. The molecule has 28 heavy (non-hydrogen) atoms. The topological polar surface area (TPSA) is 75.3 Å². The zero-order chi connectivity index (χ0) is 20.1. The molecule has 1 amide bonds. The molecule has 146 valence electrons. The Balaban J connectivity index is 1.59. The molecule has 0 atom stereocenters. The van der Waals surface area contributed by atoms with Crippen LogP contribution in [-0.2, 0) is 22.3 Å². The van der Waals surface area contributed by atoms with Gasteiger partial charge in [0.15, 0.2) is 0 Å². The van der Waals surface area contributed by atoms with Crippen LogP contribution >= 0.6 is 27.3 Å². The van der Waals surface area contributed by atoms with E-state index in [1.165, 1.54) is 18.4 Å². The standard InChI is InChI=1S/C20H19BrN2O3S2/c1-22-28(25,26)13-15-4-2-14(3-5-15)12-23-20(24)19-11-10-18(27-19)16-6-8-17(21)9-7-16/h2-11,22H,12-13H2,1H3,(H,23,24). The second-order valence-corrected chi connectivity index (χ2v) is 10.1. The van der Waals surface area contributed by atoms with E-state index in [1.807, 2.05) is 48.5 Å². The molecule has 0 fully saturated rings. The van der Waals surface area contributed by atoms with E-state index in [0.717, 1.165) is 20.5 Å². The summed E-state index contributed by atoms with van der Waals surface area (Å²) >= 11 is 4.86. The van der Waals surface area contributed by atoms with Gasteiger partial charge in [-0.1, -0.05) is 52.3 Å². The maximum atomic E-state index is 12.4. The maximum absolute atomic E-state index is 12.4. The molecule has 8 heteroatoms. The summed E-state index contributed by atoms with van der Waals surface area (Å²) in [5, 5.41) is 2.90. The molecular formula is C20H19BrN2O3S2. The molecule has 3 aromatic rings. The van der Waals surface area contributed by atoms with Crippen molar-refractivity contribution in [1.82, 2.24) is 10.0 Å². The van der Waals surface area contributed by atoms with E-state index >= 15 is 0 Å². The van der Waals surface area contributed by atoms with E-state index in [-0.39, 0.29) is 11.7 Å². The van der Waals surface area contributed by atoms with Crippen LogP contribution in [0.3, 0.4) is 0 Å². The van der Waals surface area contributed by atoms with Crippen LogP contribution in [-0.4, -0.2) is 21.4 Å². The minimum Gasteiger partial charge on any atom is -0.347 e. The average molecular weight is 479 g/mol. The van der Waals surface area contributed by atoms with Crippen LogP contribution in [0, 0.1) is 0 Å². The Kier molecular flexibility index (Phi) is 6.66. The van der Waals surface area contributed by atoms with Gasteiger partial charge in [-0.25, -0.2) is 13.1 Å². The maximum Gasteiger partial charge on any atom is 0.261 e. The minimum absolute atomic E-state index is 0.0653. The summed E-state index contributed by atoms with van der Waals surface area (Å²) < 4.78 is 26.5. The fourth-order valence-corrected chi connectivity index (χ4v) is 4.51. The van der Waals surface area contributed by atoms with Gasteiger partial charge >= 0.3 is 0 Å². The van der Waals surface area contributed by atoms with Crippen LogP contribution < -0.4 is 10.0 Å². The summed E-state index contributed by atoms with van der Waals surface area (Å²) in [7, 11) is -1.90. The Morgan fingerprint density at radius 2 is 1.61 bits per heavy atom. The lowest BCUT2D eigenvalue weighted by Gasteiger charge is -2.06. The van der Waals surface area contributed by atoms with Crippen LogP contribution in [0.25, 0.3) is 10.4 Å². The van der Waals surface area contributed by atoms with Crippen LogP contribution in [0.2, 0.25) is 0 Å². The molecular weight excluding hydrogens is 460 g/mol. The van der Waals surface area contributed by atoms with E-state index in [2.05, 4.69) is 26.0 Å². The minimum atomic E-state index is -3.29. The fourth-order valence-electron chi connectivity index (χ4n) is 2.54. The molecule has 0 aliphatic carbocycles. The predicted molar refractivity (Wildman–Crippen MR) is 117 cm³/mol. The lowest BCUT2D eigenvalue weighted by atomic mass is 10.1. The first-order valence-corrected chi connectivity index (χ1v) is 11.8. The number of sulfonamides is 1. The lowest BCUT2D eigenvalue weighted by molar-refractivity contribution is 0.0955. The highest BCUT2D eigenvalue weighted by Crippen LogP contribution is 2.29. The van der Waals surface area contributed by atoms with Gasteiger partial charge in [0.1, 0.15) is 0 Å². The summed E-state index contributed by atoms with van der Waals surface area (Å²) in [6.45, 7) is 0.378. The number of benzene rings is 2. The molecule has 3 rings (SSSR count). The van der Waals surface area contributed by atoms with Gasteiger partial charge in [0, 0.05) is 15.9 Å². The molecule has 0 saturated heterocycles. The van der Waals surface area contributed by atoms with Gasteiger partial charge in [0.05, 0.1) is 10.6 Å². The SMILES string of the molecule is CNS(=O)(=O)Cc1ccc(CNC(=O)c2ccc(-c3ccc(Br)cc3)s2)cc1. The van der Waals surface area contributed by atoms with E-state index in [9.17, 15) is 13.2 Å². The zero-order valence-corrected chi connectivity index (χ0v) is 18.3. The molecule has 0 aliphatic heterocycles. The van der Waals surface area contributed by atoms with Crippen LogP contribution in [0.4, 0.5) is 0 Å². The third-order valence-corrected chi connectivity index (χ3v) is 7.10. The summed E-state index contributed by atoms with van der Waals surface area (Å²) in [4.78, 5) is 14.1. The third-order valence-electron chi connectivity index (χ3n) is 4.10. The van der Waals surface area contributed by atoms with Gasteiger partial charge in [-0.3, -0.25) is 4.79 Å². The number of carbonyl (C=O) groups is 1. The third kappa shape index (κ3) is 5.51. The van der Waals surface area contributed by atoms with Crippen LogP contribution in [0.5, 0.6) is 0 Å². The van der Waals surface area contributed by atoms with Crippen molar-refractivity contribution in [2.24, 2.45) is 0 Å². The highest BCUT2D eigenvalue weighted by atomic mass is 79.9. The number of nitrogens with one attached hydrogen (secondary N) is 2.